The lowest BCUT2D eigenvalue weighted by Crippen LogP contribution is -2.46. The first kappa shape index (κ1) is 20.7. The summed E-state index contributed by atoms with van der Waals surface area (Å²) in [6.45, 7) is 7.76. The second kappa shape index (κ2) is 9.89. The highest BCUT2D eigenvalue weighted by Gasteiger charge is 2.25. The molecule has 1 fully saturated rings. The van der Waals surface area contributed by atoms with Gasteiger partial charge >= 0.3 is 6.09 Å². The number of piperidine rings is 1. The molecule has 0 atom stereocenters. The zero-order valence-corrected chi connectivity index (χ0v) is 16.2. The normalized spacial score (nSPS) is 14.7. The van der Waals surface area contributed by atoms with Gasteiger partial charge in [0.2, 0.25) is 0 Å². The van der Waals surface area contributed by atoms with Gasteiger partial charge in [-0.05, 0) is 37.8 Å². The van der Waals surface area contributed by atoms with Crippen molar-refractivity contribution in [1.29, 1.82) is 0 Å². The number of hydrogen-bond donors (Lipinski definition) is 2. The van der Waals surface area contributed by atoms with E-state index in [-0.39, 0.29) is 35.3 Å². The predicted octanol–water partition coefficient (Wildman–Crippen LogP) is 1.82. The number of likely N-dealkylation sites (tertiary alicyclic amines) is 1. The van der Waals surface area contributed by atoms with Crippen molar-refractivity contribution in [3.05, 3.63) is 29.6 Å². The lowest BCUT2D eigenvalue weighted by atomic mass is 10.1. The van der Waals surface area contributed by atoms with Crippen molar-refractivity contribution in [1.82, 2.24) is 20.5 Å². The molecule has 0 bridgehead atoms. The summed E-state index contributed by atoms with van der Waals surface area (Å²) in [7, 11) is 0. The molecule has 0 aromatic carbocycles. The number of hydrogen-bond acceptors (Lipinski definition) is 5. The van der Waals surface area contributed by atoms with Gasteiger partial charge in [-0.2, -0.15) is 0 Å². The van der Waals surface area contributed by atoms with E-state index in [0.717, 1.165) is 0 Å². The van der Waals surface area contributed by atoms with E-state index in [1.165, 1.54) is 0 Å². The van der Waals surface area contributed by atoms with Gasteiger partial charge in [-0.15, -0.1) is 0 Å². The molecule has 8 nitrogen and oxygen atoms in total. The molecule has 2 rings (SSSR count). The fraction of sp³-hybridized carbons (Fsp3) is 0.579. The van der Waals surface area contributed by atoms with Gasteiger partial charge in [-0.1, -0.05) is 19.9 Å². The van der Waals surface area contributed by atoms with E-state index in [9.17, 15) is 14.4 Å². The molecule has 0 saturated carbocycles. The van der Waals surface area contributed by atoms with Crippen LogP contribution in [0.4, 0.5) is 4.79 Å². The van der Waals surface area contributed by atoms with E-state index < -0.39 is 0 Å². The summed E-state index contributed by atoms with van der Waals surface area (Å²) in [6.07, 6.45) is 0.988. The van der Waals surface area contributed by atoms with Crippen LogP contribution in [-0.4, -0.2) is 60.1 Å². The fourth-order valence-corrected chi connectivity index (χ4v) is 2.76. The van der Waals surface area contributed by atoms with Gasteiger partial charge in [0.25, 0.3) is 11.8 Å². The Morgan fingerprint density at radius 1 is 1.19 bits per heavy atom. The maximum Gasteiger partial charge on any atom is 0.409 e. The van der Waals surface area contributed by atoms with E-state index in [2.05, 4.69) is 15.6 Å². The van der Waals surface area contributed by atoms with E-state index in [1.54, 1.807) is 30.0 Å². The summed E-state index contributed by atoms with van der Waals surface area (Å²) in [5.74, 6) is -0.273. The van der Waals surface area contributed by atoms with E-state index in [4.69, 9.17) is 4.74 Å². The third kappa shape index (κ3) is 6.23. The molecule has 0 unspecified atom stereocenters. The minimum atomic E-state index is -0.317. The number of nitrogens with zero attached hydrogens (tertiary/aromatic N) is 2. The number of rotatable bonds is 6. The third-order valence-electron chi connectivity index (χ3n) is 4.24. The maximum atomic E-state index is 12.5. The highest BCUT2D eigenvalue weighted by molar-refractivity contribution is 5.96. The number of pyridine rings is 1. The number of ether oxygens (including phenoxy) is 1. The monoisotopic (exact) mass is 376 g/mol. The first-order valence-corrected chi connectivity index (χ1v) is 9.38. The number of carbonyl (C=O) groups excluding carboxylic acids is 3. The molecule has 2 heterocycles. The van der Waals surface area contributed by atoms with Crippen LogP contribution in [-0.2, 0) is 4.74 Å². The summed E-state index contributed by atoms with van der Waals surface area (Å²) in [6, 6.07) is 4.78. The minimum absolute atomic E-state index is 0.0385. The molecular formula is C19H28N4O4. The number of nitrogens with one attached hydrogen (secondary N) is 2. The van der Waals surface area contributed by atoms with Crippen LogP contribution in [0.1, 0.15) is 54.6 Å². The van der Waals surface area contributed by atoms with Crippen molar-refractivity contribution >= 4 is 17.9 Å². The molecule has 1 aliphatic heterocycles. The Balaban J connectivity index is 1.88. The van der Waals surface area contributed by atoms with E-state index in [0.29, 0.717) is 45.0 Å². The highest BCUT2D eigenvalue weighted by Crippen LogP contribution is 2.12. The van der Waals surface area contributed by atoms with Crippen molar-refractivity contribution in [2.75, 3.05) is 26.2 Å². The molecular weight excluding hydrogens is 348 g/mol. The standard InChI is InChI=1S/C19H28N4O4/c1-4-27-19(26)23-10-8-14(9-11-23)21-18(25)16-7-5-6-15(22-16)17(24)20-12-13(2)3/h5-7,13-14H,4,8-12H2,1-3H3,(H,20,24)(H,21,25). The largest absolute Gasteiger partial charge is 0.450 e. The summed E-state index contributed by atoms with van der Waals surface area (Å²) in [4.78, 5) is 42.1. The zero-order valence-electron chi connectivity index (χ0n) is 16.2. The van der Waals surface area contributed by atoms with Crippen molar-refractivity contribution in [3.8, 4) is 0 Å². The number of carbonyl (C=O) groups is 3. The van der Waals surface area contributed by atoms with Crippen LogP contribution in [0, 0.1) is 5.92 Å². The smallest absolute Gasteiger partial charge is 0.409 e. The van der Waals surface area contributed by atoms with Crippen LogP contribution in [0.25, 0.3) is 0 Å². The molecule has 2 N–H and O–H groups in total. The Morgan fingerprint density at radius 3 is 2.41 bits per heavy atom. The summed E-state index contributed by atoms with van der Waals surface area (Å²) >= 11 is 0. The first-order chi connectivity index (χ1) is 12.9. The van der Waals surface area contributed by atoms with Crippen molar-refractivity contribution in [2.45, 2.75) is 39.7 Å². The van der Waals surface area contributed by atoms with Crippen molar-refractivity contribution in [2.24, 2.45) is 5.92 Å². The predicted molar refractivity (Wildman–Crippen MR) is 100 cm³/mol. The van der Waals surface area contributed by atoms with Gasteiger partial charge < -0.3 is 20.3 Å². The van der Waals surface area contributed by atoms with Crippen LogP contribution in [0.15, 0.2) is 18.2 Å². The Labute approximate surface area is 159 Å². The Bertz CT molecular complexity index is 669. The van der Waals surface area contributed by atoms with Crippen LogP contribution in [0.5, 0.6) is 0 Å². The quantitative estimate of drug-likeness (QED) is 0.789. The van der Waals surface area contributed by atoms with Gasteiger partial charge in [0, 0.05) is 25.7 Å². The SMILES string of the molecule is CCOC(=O)N1CCC(NC(=O)c2cccc(C(=O)NCC(C)C)n2)CC1. The number of amides is 3. The Morgan fingerprint density at radius 2 is 1.81 bits per heavy atom. The second-order valence-electron chi connectivity index (χ2n) is 6.95. The lowest BCUT2D eigenvalue weighted by Gasteiger charge is -2.31. The zero-order chi connectivity index (χ0) is 19.8. The molecule has 1 aliphatic rings. The molecule has 27 heavy (non-hydrogen) atoms. The van der Waals surface area contributed by atoms with Crippen LogP contribution >= 0.6 is 0 Å². The third-order valence-corrected chi connectivity index (χ3v) is 4.24. The molecule has 1 aromatic heterocycles. The fourth-order valence-electron chi connectivity index (χ4n) is 2.76. The van der Waals surface area contributed by atoms with Gasteiger partial charge in [0.1, 0.15) is 11.4 Å². The molecule has 8 heteroatoms. The average molecular weight is 376 g/mol. The average Bonchev–Trinajstić information content (AvgIpc) is 2.67. The van der Waals surface area contributed by atoms with Crippen LogP contribution in [0.2, 0.25) is 0 Å². The first-order valence-electron chi connectivity index (χ1n) is 9.38. The molecule has 148 valence electrons. The highest BCUT2D eigenvalue weighted by atomic mass is 16.6. The van der Waals surface area contributed by atoms with Gasteiger partial charge in [0.05, 0.1) is 6.61 Å². The maximum absolute atomic E-state index is 12.5. The second-order valence-corrected chi connectivity index (χ2v) is 6.95. The topological polar surface area (TPSA) is 101 Å². The summed E-state index contributed by atoms with van der Waals surface area (Å²) < 4.78 is 4.99. The van der Waals surface area contributed by atoms with Crippen LogP contribution in [0.3, 0.4) is 0 Å². The molecule has 1 saturated heterocycles. The molecule has 0 spiro atoms. The molecule has 3 amide bonds. The van der Waals surface area contributed by atoms with Crippen molar-refractivity contribution < 1.29 is 19.1 Å². The van der Waals surface area contributed by atoms with Gasteiger partial charge in [-0.3, -0.25) is 9.59 Å². The summed E-state index contributed by atoms with van der Waals surface area (Å²) in [5.41, 5.74) is 0.431. The number of aromatic nitrogens is 1. The van der Waals surface area contributed by atoms with Crippen molar-refractivity contribution in [3.63, 3.8) is 0 Å². The van der Waals surface area contributed by atoms with E-state index in [1.807, 2.05) is 13.8 Å². The Kier molecular flexibility index (Phi) is 7.57. The van der Waals surface area contributed by atoms with Gasteiger partial charge in [-0.25, -0.2) is 9.78 Å². The minimum Gasteiger partial charge on any atom is -0.450 e. The van der Waals surface area contributed by atoms with Crippen LogP contribution < -0.4 is 10.6 Å². The summed E-state index contributed by atoms with van der Waals surface area (Å²) in [5, 5.41) is 5.72. The van der Waals surface area contributed by atoms with E-state index >= 15 is 0 Å². The van der Waals surface area contributed by atoms with Gasteiger partial charge in [0.15, 0.2) is 0 Å². The Hall–Kier alpha value is -2.64. The molecule has 0 radical (unpaired) electrons. The molecule has 1 aromatic rings. The molecule has 0 aliphatic carbocycles. The lowest BCUT2D eigenvalue weighted by molar-refractivity contribution is 0.0856.